The summed E-state index contributed by atoms with van der Waals surface area (Å²) in [5.41, 5.74) is 2.17. The molecule has 0 fully saturated rings. The van der Waals surface area contributed by atoms with E-state index in [-0.39, 0.29) is 0 Å². The van der Waals surface area contributed by atoms with Gasteiger partial charge >= 0.3 is 0 Å². The highest BCUT2D eigenvalue weighted by molar-refractivity contribution is 8.03. The first-order valence-electron chi connectivity index (χ1n) is 6.38. The fourth-order valence-corrected chi connectivity index (χ4v) is 2.28. The number of nitrogens with one attached hydrogen (secondary N) is 1. The van der Waals surface area contributed by atoms with Gasteiger partial charge in [0, 0.05) is 9.80 Å². The van der Waals surface area contributed by atoms with Crippen molar-refractivity contribution in [2.24, 2.45) is 0 Å². The maximum atomic E-state index is 3.79. The van der Waals surface area contributed by atoms with Gasteiger partial charge in [0.1, 0.15) is 0 Å². The van der Waals surface area contributed by atoms with E-state index in [1.807, 2.05) is 52.0 Å². The summed E-state index contributed by atoms with van der Waals surface area (Å²) in [6.45, 7) is 15.6. The van der Waals surface area contributed by atoms with E-state index in [1.54, 1.807) is 11.8 Å². The fraction of sp³-hybridized carbons (Fsp3) is 0.250. The van der Waals surface area contributed by atoms with Crippen molar-refractivity contribution in [2.45, 2.75) is 32.6 Å². The second-order valence-corrected chi connectivity index (χ2v) is 3.99. The first-order valence-corrected chi connectivity index (χ1v) is 7.20. The van der Waals surface area contributed by atoms with Gasteiger partial charge in [-0.2, -0.15) is 0 Å². The van der Waals surface area contributed by atoms with E-state index in [0.29, 0.717) is 0 Å². The Balaban J connectivity index is 0.000000659. The Morgan fingerprint density at radius 3 is 2.17 bits per heavy atom. The molecule has 2 heteroatoms. The molecule has 0 saturated carbocycles. The molecule has 0 unspecified atom stereocenters. The summed E-state index contributed by atoms with van der Waals surface area (Å²) in [7, 11) is 0. The van der Waals surface area contributed by atoms with Gasteiger partial charge in [-0.05, 0) is 18.2 Å². The van der Waals surface area contributed by atoms with Gasteiger partial charge in [-0.25, -0.2) is 0 Å². The number of hydrogen-bond acceptors (Lipinski definition) is 2. The van der Waals surface area contributed by atoms with E-state index >= 15 is 0 Å². The molecule has 0 aliphatic carbocycles. The van der Waals surface area contributed by atoms with Crippen molar-refractivity contribution in [3.05, 3.63) is 60.2 Å². The highest BCUT2D eigenvalue weighted by atomic mass is 32.2. The van der Waals surface area contributed by atoms with Gasteiger partial charge < -0.3 is 5.32 Å². The molecule has 0 amide bonds. The van der Waals surface area contributed by atoms with Crippen molar-refractivity contribution in [1.29, 1.82) is 0 Å². The van der Waals surface area contributed by atoms with Crippen LogP contribution in [0.5, 0.6) is 0 Å². The smallest absolute Gasteiger partial charge is 0.0526 e. The van der Waals surface area contributed by atoms with Crippen molar-refractivity contribution >= 4 is 17.4 Å². The zero-order valence-corrected chi connectivity index (χ0v) is 12.6. The lowest BCUT2D eigenvalue weighted by Crippen LogP contribution is -2.04. The molecule has 2 rings (SSSR count). The standard InChI is InChI=1S/C12H11NS.2C2H6/c1-3-9-11(4-2)14-12-8-6-5-7-10(12)13-9;2*1-2/h3-8,13H,1-2H2;2*1-2H3. The molecule has 1 nitrogen and oxygen atoms in total. The molecule has 1 heterocycles. The van der Waals surface area contributed by atoms with E-state index in [4.69, 9.17) is 0 Å². The van der Waals surface area contributed by atoms with Crippen LogP contribution in [-0.2, 0) is 0 Å². The largest absolute Gasteiger partial charge is 0.354 e. The molecule has 1 aromatic carbocycles. The quantitative estimate of drug-likeness (QED) is 0.717. The van der Waals surface area contributed by atoms with Gasteiger partial charge in [0.25, 0.3) is 0 Å². The van der Waals surface area contributed by atoms with Crippen LogP contribution in [0.4, 0.5) is 5.69 Å². The predicted molar refractivity (Wildman–Crippen MR) is 86.0 cm³/mol. The van der Waals surface area contributed by atoms with Gasteiger partial charge in [0.05, 0.1) is 11.4 Å². The molecule has 0 radical (unpaired) electrons. The average molecular weight is 261 g/mol. The second-order valence-electron chi connectivity index (χ2n) is 2.91. The lowest BCUT2D eigenvalue weighted by molar-refractivity contribution is 1.35. The molecule has 0 aromatic heterocycles. The zero-order chi connectivity index (χ0) is 14.0. The molecule has 0 spiro atoms. The minimum absolute atomic E-state index is 1.03. The summed E-state index contributed by atoms with van der Waals surface area (Å²) in [5, 5.41) is 3.32. The number of hydrogen-bond donors (Lipinski definition) is 1. The molecule has 1 aromatic rings. The SMILES string of the molecule is C=CC1=C(C=C)Sc2ccccc2N1.CC.CC. The molecule has 0 atom stereocenters. The molecule has 1 aliphatic rings. The van der Waals surface area contributed by atoms with Crippen LogP contribution < -0.4 is 5.32 Å². The van der Waals surface area contributed by atoms with E-state index in [1.165, 1.54) is 4.90 Å². The highest BCUT2D eigenvalue weighted by Crippen LogP contribution is 2.39. The Labute approximate surface area is 116 Å². The van der Waals surface area contributed by atoms with Crippen LogP contribution in [0.25, 0.3) is 0 Å². The van der Waals surface area contributed by atoms with E-state index in [0.717, 1.165) is 16.3 Å². The van der Waals surface area contributed by atoms with Gasteiger partial charge in [-0.1, -0.05) is 70.8 Å². The topological polar surface area (TPSA) is 12.0 Å². The van der Waals surface area contributed by atoms with Crippen LogP contribution in [0.15, 0.2) is 65.1 Å². The number of anilines is 1. The Morgan fingerprint density at radius 2 is 1.61 bits per heavy atom. The van der Waals surface area contributed by atoms with Crippen molar-refractivity contribution in [1.82, 2.24) is 0 Å². The summed E-state index contributed by atoms with van der Waals surface area (Å²) in [5.74, 6) is 0. The number of rotatable bonds is 2. The summed E-state index contributed by atoms with van der Waals surface area (Å²) in [6.07, 6.45) is 3.67. The van der Waals surface area contributed by atoms with Crippen molar-refractivity contribution in [2.75, 3.05) is 5.32 Å². The van der Waals surface area contributed by atoms with Crippen LogP contribution in [0.1, 0.15) is 27.7 Å². The fourth-order valence-electron chi connectivity index (χ4n) is 1.34. The molecular weight excluding hydrogens is 238 g/mol. The molecule has 1 N–H and O–H groups in total. The summed E-state index contributed by atoms with van der Waals surface area (Å²) in [4.78, 5) is 2.35. The van der Waals surface area contributed by atoms with Crippen LogP contribution >= 0.6 is 11.8 Å². The third kappa shape index (κ3) is 4.11. The molecule has 98 valence electrons. The number of thioether (sulfide) groups is 1. The zero-order valence-electron chi connectivity index (χ0n) is 11.8. The third-order valence-electron chi connectivity index (χ3n) is 2.03. The lowest BCUT2D eigenvalue weighted by atomic mass is 10.3. The Morgan fingerprint density at radius 1 is 1.00 bits per heavy atom. The minimum Gasteiger partial charge on any atom is -0.354 e. The molecule has 18 heavy (non-hydrogen) atoms. The Bertz CT molecular complexity index is 380. The Kier molecular flexibility index (Phi) is 8.85. The summed E-state index contributed by atoms with van der Waals surface area (Å²) < 4.78 is 0. The number of fused-ring (bicyclic) bond motifs is 1. The van der Waals surface area contributed by atoms with Crippen LogP contribution in [0.3, 0.4) is 0 Å². The molecular formula is C16H23NS. The van der Waals surface area contributed by atoms with Gasteiger partial charge in [0.2, 0.25) is 0 Å². The first-order chi connectivity index (χ1) is 8.85. The van der Waals surface area contributed by atoms with Crippen LogP contribution in [-0.4, -0.2) is 0 Å². The Hall–Kier alpha value is -1.41. The monoisotopic (exact) mass is 261 g/mol. The van der Waals surface area contributed by atoms with Gasteiger partial charge in [0.15, 0.2) is 0 Å². The van der Waals surface area contributed by atoms with Crippen molar-refractivity contribution in [3.63, 3.8) is 0 Å². The summed E-state index contributed by atoms with van der Waals surface area (Å²) >= 11 is 1.72. The van der Waals surface area contributed by atoms with Gasteiger partial charge in [-0.15, -0.1) is 0 Å². The minimum atomic E-state index is 1.03. The number of allylic oxidation sites excluding steroid dienone is 2. The van der Waals surface area contributed by atoms with E-state index < -0.39 is 0 Å². The first kappa shape index (κ1) is 16.6. The lowest BCUT2D eigenvalue weighted by Gasteiger charge is -2.20. The summed E-state index contributed by atoms with van der Waals surface area (Å²) in [6, 6.07) is 8.21. The van der Waals surface area contributed by atoms with E-state index in [9.17, 15) is 0 Å². The van der Waals surface area contributed by atoms with Crippen LogP contribution in [0.2, 0.25) is 0 Å². The maximum absolute atomic E-state index is 3.79. The molecule has 0 bridgehead atoms. The van der Waals surface area contributed by atoms with Gasteiger partial charge in [-0.3, -0.25) is 0 Å². The molecule has 1 aliphatic heterocycles. The third-order valence-corrected chi connectivity index (χ3v) is 3.21. The van der Waals surface area contributed by atoms with E-state index in [2.05, 4.69) is 30.6 Å². The van der Waals surface area contributed by atoms with Crippen LogP contribution in [0, 0.1) is 0 Å². The normalized spacial score (nSPS) is 11.8. The van der Waals surface area contributed by atoms with Crippen molar-refractivity contribution in [3.8, 4) is 0 Å². The predicted octanol–water partition coefficient (Wildman–Crippen LogP) is 5.84. The van der Waals surface area contributed by atoms with Crippen molar-refractivity contribution < 1.29 is 0 Å². The average Bonchev–Trinajstić information content (AvgIpc) is 2.49. The second kappa shape index (κ2) is 9.60. The number of benzene rings is 1. The highest BCUT2D eigenvalue weighted by Gasteiger charge is 2.13. The maximum Gasteiger partial charge on any atom is 0.0526 e. The number of para-hydroxylation sites is 1. The molecule has 0 saturated heterocycles.